The van der Waals surface area contributed by atoms with Crippen molar-refractivity contribution in [2.75, 3.05) is 5.32 Å². The summed E-state index contributed by atoms with van der Waals surface area (Å²) in [5, 5.41) is 5.90. The fraction of sp³-hybridized carbons (Fsp3) is 0.222. The van der Waals surface area contributed by atoms with Crippen LogP contribution in [0.15, 0.2) is 41.1 Å². The highest BCUT2D eigenvalue weighted by atomic mass is 19.4. The standard InChI is InChI=1S/C18H15F3N4O3/c1-10-7-13(15-24-16(28-25-15)18(19,20)21)5-6-14(10)23-17(26)27-9-12-4-3-11(2)22-8-12/h3-8H,9H2,1-2H3,(H,23,26). The summed E-state index contributed by atoms with van der Waals surface area (Å²) in [5.74, 6) is -1.62. The molecule has 28 heavy (non-hydrogen) atoms. The minimum Gasteiger partial charge on any atom is -0.444 e. The number of nitrogens with one attached hydrogen (secondary N) is 1. The van der Waals surface area contributed by atoms with Crippen LogP contribution in [0.5, 0.6) is 0 Å². The number of carbonyl (C=O) groups excluding carboxylic acids is 1. The molecule has 0 bridgehead atoms. The quantitative estimate of drug-likeness (QED) is 0.702. The second kappa shape index (κ2) is 7.67. The van der Waals surface area contributed by atoms with Gasteiger partial charge in [0.25, 0.3) is 0 Å². The molecule has 0 radical (unpaired) electrons. The van der Waals surface area contributed by atoms with Crippen LogP contribution in [0.4, 0.5) is 23.7 Å². The number of rotatable bonds is 4. The largest absolute Gasteiger partial charge is 0.471 e. The van der Waals surface area contributed by atoms with Crippen molar-refractivity contribution in [1.29, 1.82) is 0 Å². The summed E-state index contributed by atoms with van der Waals surface area (Å²) in [6, 6.07) is 8.13. The molecule has 0 aliphatic carbocycles. The van der Waals surface area contributed by atoms with Gasteiger partial charge in [0.2, 0.25) is 5.82 Å². The number of pyridine rings is 1. The summed E-state index contributed by atoms with van der Waals surface area (Å²) in [7, 11) is 0. The molecule has 0 saturated carbocycles. The predicted octanol–water partition coefficient (Wildman–Crippen LogP) is 4.52. The van der Waals surface area contributed by atoms with Crippen molar-refractivity contribution < 1.29 is 27.2 Å². The molecule has 1 N–H and O–H groups in total. The Bertz CT molecular complexity index is 984. The summed E-state index contributed by atoms with van der Waals surface area (Å²) >= 11 is 0. The number of halogens is 3. The maximum absolute atomic E-state index is 12.6. The van der Waals surface area contributed by atoms with Gasteiger partial charge >= 0.3 is 18.2 Å². The van der Waals surface area contributed by atoms with Gasteiger partial charge in [-0.25, -0.2) is 4.79 Å². The van der Waals surface area contributed by atoms with E-state index < -0.39 is 18.2 Å². The van der Waals surface area contributed by atoms with E-state index in [1.54, 1.807) is 19.2 Å². The van der Waals surface area contributed by atoms with Gasteiger partial charge < -0.3 is 9.26 Å². The third-order valence-electron chi connectivity index (χ3n) is 3.73. The number of aromatic nitrogens is 3. The first-order valence-electron chi connectivity index (χ1n) is 8.09. The van der Waals surface area contributed by atoms with Crippen molar-refractivity contribution in [3.05, 3.63) is 59.2 Å². The first-order chi connectivity index (χ1) is 13.2. The maximum Gasteiger partial charge on any atom is 0.471 e. The number of hydrogen-bond donors (Lipinski definition) is 1. The van der Waals surface area contributed by atoms with Crippen LogP contribution in [0.25, 0.3) is 11.4 Å². The summed E-state index contributed by atoms with van der Waals surface area (Å²) in [6.07, 6.45) is -3.77. The van der Waals surface area contributed by atoms with Crippen LogP contribution in [0.2, 0.25) is 0 Å². The van der Waals surface area contributed by atoms with E-state index in [9.17, 15) is 18.0 Å². The van der Waals surface area contributed by atoms with Gasteiger partial charge in [0.1, 0.15) is 6.61 Å². The number of alkyl halides is 3. The number of anilines is 1. The molecule has 7 nitrogen and oxygen atoms in total. The molecule has 0 atom stereocenters. The molecule has 1 aromatic carbocycles. The molecule has 3 aromatic rings. The highest BCUT2D eigenvalue weighted by Crippen LogP contribution is 2.30. The van der Waals surface area contributed by atoms with Crippen LogP contribution < -0.4 is 5.32 Å². The monoisotopic (exact) mass is 392 g/mol. The number of ether oxygens (including phenoxy) is 1. The van der Waals surface area contributed by atoms with Crippen LogP contribution in [0.3, 0.4) is 0 Å². The normalized spacial score (nSPS) is 11.3. The lowest BCUT2D eigenvalue weighted by molar-refractivity contribution is -0.159. The summed E-state index contributed by atoms with van der Waals surface area (Å²) in [6.45, 7) is 3.58. The number of benzene rings is 1. The fourth-order valence-electron chi connectivity index (χ4n) is 2.28. The minimum atomic E-state index is -4.71. The van der Waals surface area contributed by atoms with E-state index >= 15 is 0 Å². The van der Waals surface area contributed by atoms with Gasteiger partial charge in [-0.3, -0.25) is 10.3 Å². The molecular formula is C18H15F3N4O3. The zero-order valence-corrected chi connectivity index (χ0v) is 14.9. The topological polar surface area (TPSA) is 90.1 Å². The van der Waals surface area contributed by atoms with Gasteiger partial charge in [-0.2, -0.15) is 18.2 Å². The second-order valence-electron chi connectivity index (χ2n) is 5.96. The average Bonchev–Trinajstić information content (AvgIpc) is 3.13. The van der Waals surface area contributed by atoms with E-state index in [0.29, 0.717) is 16.8 Å². The fourth-order valence-corrected chi connectivity index (χ4v) is 2.28. The second-order valence-corrected chi connectivity index (χ2v) is 5.96. The summed E-state index contributed by atoms with van der Waals surface area (Å²) in [4.78, 5) is 19.4. The lowest BCUT2D eigenvalue weighted by Crippen LogP contribution is -2.14. The lowest BCUT2D eigenvalue weighted by Gasteiger charge is -2.10. The Morgan fingerprint density at radius 3 is 2.61 bits per heavy atom. The van der Waals surface area contributed by atoms with Crippen molar-refractivity contribution in [3.8, 4) is 11.4 Å². The highest BCUT2D eigenvalue weighted by molar-refractivity contribution is 5.86. The van der Waals surface area contributed by atoms with Gasteiger partial charge in [-0.05, 0) is 43.7 Å². The molecule has 2 heterocycles. The Kier molecular flexibility index (Phi) is 5.30. The number of carbonyl (C=O) groups is 1. The molecule has 0 aliphatic rings. The van der Waals surface area contributed by atoms with Gasteiger partial charge in [0, 0.05) is 28.7 Å². The molecular weight excluding hydrogens is 377 g/mol. The van der Waals surface area contributed by atoms with Crippen LogP contribution in [0.1, 0.15) is 22.7 Å². The molecule has 1 amide bonds. The number of nitrogens with zero attached hydrogens (tertiary/aromatic N) is 3. The summed E-state index contributed by atoms with van der Waals surface area (Å²) < 4.78 is 47.0. The first kappa shape index (κ1) is 19.3. The van der Waals surface area contributed by atoms with E-state index in [1.807, 2.05) is 13.0 Å². The Hall–Kier alpha value is -3.43. The molecule has 10 heteroatoms. The zero-order chi connectivity index (χ0) is 20.3. The average molecular weight is 392 g/mol. The van der Waals surface area contributed by atoms with Crippen molar-refractivity contribution in [2.45, 2.75) is 26.6 Å². The van der Waals surface area contributed by atoms with Gasteiger partial charge in [-0.1, -0.05) is 11.2 Å². The van der Waals surface area contributed by atoms with Crippen molar-refractivity contribution >= 4 is 11.8 Å². The molecule has 0 unspecified atom stereocenters. The highest BCUT2D eigenvalue weighted by Gasteiger charge is 2.38. The third-order valence-corrected chi connectivity index (χ3v) is 3.73. The maximum atomic E-state index is 12.6. The van der Waals surface area contributed by atoms with Crippen LogP contribution >= 0.6 is 0 Å². The Morgan fingerprint density at radius 2 is 2.00 bits per heavy atom. The van der Waals surface area contributed by atoms with Crippen LogP contribution in [0, 0.1) is 13.8 Å². The third kappa shape index (κ3) is 4.64. The van der Waals surface area contributed by atoms with Crippen LogP contribution in [-0.4, -0.2) is 21.2 Å². The first-order valence-corrected chi connectivity index (χ1v) is 8.09. The Labute approximate surface area is 157 Å². The minimum absolute atomic E-state index is 0.0549. The van der Waals surface area contributed by atoms with E-state index in [4.69, 9.17) is 4.74 Å². The molecule has 2 aromatic heterocycles. The molecule has 146 valence electrons. The van der Waals surface area contributed by atoms with Crippen molar-refractivity contribution in [3.63, 3.8) is 0 Å². The molecule has 3 rings (SSSR count). The molecule has 0 aliphatic heterocycles. The van der Waals surface area contributed by atoms with E-state index in [-0.39, 0.29) is 12.4 Å². The molecule has 0 fully saturated rings. The van der Waals surface area contributed by atoms with Gasteiger partial charge in [0.05, 0.1) is 0 Å². The van der Waals surface area contributed by atoms with E-state index in [1.165, 1.54) is 18.2 Å². The Morgan fingerprint density at radius 1 is 1.21 bits per heavy atom. The SMILES string of the molecule is Cc1ccc(COC(=O)Nc2ccc(-c3noc(C(F)(F)F)n3)cc2C)cn1. The molecule has 0 saturated heterocycles. The predicted molar refractivity (Wildman–Crippen MR) is 92.3 cm³/mol. The van der Waals surface area contributed by atoms with Gasteiger partial charge in [-0.15, -0.1) is 0 Å². The Balaban J connectivity index is 1.64. The summed E-state index contributed by atoms with van der Waals surface area (Å²) in [5.41, 5.74) is 2.94. The van der Waals surface area contributed by atoms with Gasteiger partial charge in [0.15, 0.2) is 0 Å². The zero-order valence-electron chi connectivity index (χ0n) is 14.9. The number of hydrogen-bond acceptors (Lipinski definition) is 6. The van der Waals surface area contributed by atoms with Crippen LogP contribution in [-0.2, 0) is 17.5 Å². The van der Waals surface area contributed by atoms with Crippen molar-refractivity contribution in [1.82, 2.24) is 15.1 Å². The molecule has 0 spiro atoms. The number of amides is 1. The lowest BCUT2D eigenvalue weighted by atomic mass is 10.1. The van der Waals surface area contributed by atoms with E-state index in [2.05, 4.69) is 25.0 Å². The smallest absolute Gasteiger partial charge is 0.444 e. The van der Waals surface area contributed by atoms with E-state index in [0.717, 1.165) is 11.3 Å². The van der Waals surface area contributed by atoms with Crippen molar-refractivity contribution in [2.24, 2.45) is 0 Å². The number of aryl methyl sites for hydroxylation is 2.